The van der Waals surface area contributed by atoms with Gasteiger partial charge in [-0.3, -0.25) is 9.59 Å². The lowest BCUT2D eigenvalue weighted by Gasteiger charge is -2.18. The minimum absolute atomic E-state index is 0.149. The van der Waals surface area contributed by atoms with E-state index in [1.807, 2.05) is 25.1 Å². The van der Waals surface area contributed by atoms with E-state index in [0.717, 1.165) is 10.0 Å². The van der Waals surface area contributed by atoms with Crippen LogP contribution in [0.15, 0.2) is 22.7 Å². The standard InChI is InChI=1S/C16H22BrNO4/c1-11-4-5-13(12(17)10-11)22-9-6-14(19)18-8-7-16(2,3)15(20)21/h4-5,10H,6-9H2,1-3H3,(H,18,19)(H,20,21). The summed E-state index contributed by atoms with van der Waals surface area (Å²) in [5, 5.41) is 11.7. The van der Waals surface area contributed by atoms with Gasteiger partial charge in [0.1, 0.15) is 5.75 Å². The average molecular weight is 372 g/mol. The van der Waals surface area contributed by atoms with Crippen molar-refractivity contribution in [1.29, 1.82) is 0 Å². The molecule has 0 aliphatic rings. The van der Waals surface area contributed by atoms with Crippen LogP contribution in [-0.4, -0.2) is 30.1 Å². The van der Waals surface area contributed by atoms with E-state index in [2.05, 4.69) is 21.2 Å². The second kappa shape index (κ2) is 8.17. The Balaban J connectivity index is 2.28. The van der Waals surface area contributed by atoms with E-state index in [0.29, 0.717) is 18.7 Å². The summed E-state index contributed by atoms with van der Waals surface area (Å²) in [6.45, 7) is 5.88. The van der Waals surface area contributed by atoms with Gasteiger partial charge in [0, 0.05) is 6.54 Å². The first-order valence-electron chi connectivity index (χ1n) is 7.11. The summed E-state index contributed by atoms with van der Waals surface area (Å²) in [6, 6.07) is 5.74. The Bertz CT molecular complexity index is 543. The highest BCUT2D eigenvalue weighted by atomic mass is 79.9. The maximum absolute atomic E-state index is 11.7. The summed E-state index contributed by atoms with van der Waals surface area (Å²) < 4.78 is 6.40. The number of nitrogens with one attached hydrogen (secondary N) is 1. The number of benzene rings is 1. The molecule has 0 heterocycles. The molecule has 0 aliphatic carbocycles. The Morgan fingerprint density at radius 1 is 1.36 bits per heavy atom. The van der Waals surface area contributed by atoms with Crippen molar-refractivity contribution in [2.45, 2.75) is 33.6 Å². The van der Waals surface area contributed by atoms with Crippen LogP contribution in [0, 0.1) is 12.3 Å². The van der Waals surface area contributed by atoms with Gasteiger partial charge in [0.05, 0.1) is 22.9 Å². The number of amides is 1. The van der Waals surface area contributed by atoms with Gasteiger partial charge in [-0.15, -0.1) is 0 Å². The summed E-state index contributed by atoms with van der Waals surface area (Å²) in [4.78, 5) is 22.6. The molecular formula is C16H22BrNO4. The lowest BCUT2D eigenvalue weighted by atomic mass is 9.90. The van der Waals surface area contributed by atoms with E-state index in [1.54, 1.807) is 13.8 Å². The average Bonchev–Trinajstić information content (AvgIpc) is 2.41. The maximum atomic E-state index is 11.7. The third kappa shape index (κ3) is 6.05. The van der Waals surface area contributed by atoms with Crippen molar-refractivity contribution >= 4 is 27.8 Å². The highest BCUT2D eigenvalue weighted by molar-refractivity contribution is 9.10. The molecule has 0 radical (unpaired) electrons. The minimum Gasteiger partial charge on any atom is -0.492 e. The fourth-order valence-corrected chi connectivity index (χ4v) is 2.29. The number of rotatable bonds is 8. The van der Waals surface area contributed by atoms with Gasteiger partial charge < -0.3 is 15.2 Å². The molecule has 0 atom stereocenters. The molecule has 2 N–H and O–H groups in total. The third-order valence-corrected chi connectivity index (χ3v) is 3.94. The summed E-state index contributed by atoms with van der Waals surface area (Å²) in [5.41, 5.74) is 0.286. The number of carbonyl (C=O) groups is 2. The van der Waals surface area contributed by atoms with Crippen LogP contribution in [0.2, 0.25) is 0 Å². The summed E-state index contributed by atoms with van der Waals surface area (Å²) in [5.74, 6) is -0.316. The van der Waals surface area contributed by atoms with Crippen molar-refractivity contribution in [3.8, 4) is 5.75 Å². The molecule has 0 aliphatic heterocycles. The van der Waals surface area contributed by atoms with Crippen LogP contribution >= 0.6 is 15.9 Å². The van der Waals surface area contributed by atoms with Crippen molar-refractivity contribution in [1.82, 2.24) is 5.32 Å². The molecule has 0 bridgehead atoms. The first-order chi connectivity index (χ1) is 10.2. The van der Waals surface area contributed by atoms with E-state index < -0.39 is 11.4 Å². The molecule has 0 saturated carbocycles. The fourth-order valence-electron chi connectivity index (χ4n) is 1.69. The molecule has 0 saturated heterocycles. The van der Waals surface area contributed by atoms with Gasteiger partial charge in [-0.1, -0.05) is 6.07 Å². The van der Waals surface area contributed by atoms with Crippen molar-refractivity contribution < 1.29 is 19.4 Å². The van der Waals surface area contributed by atoms with Gasteiger partial charge in [0.15, 0.2) is 0 Å². The van der Waals surface area contributed by atoms with Crippen molar-refractivity contribution in [2.75, 3.05) is 13.2 Å². The number of carbonyl (C=O) groups excluding carboxylic acids is 1. The SMILES string of the molecule is Cc1ccc(OCCC(=O)NCCC(C)(C)C(=O)O)c(Br)c1. The summed E-state index contributed by atoms with van der Waals surface area (Å²) >= 11 is 3.41. The number of ether oxygens (including phenoxy) is 1. The van der Waals surface area contributed by atoms with Crippen molar-refractivity contribution in [2.24, 2.45) is 5.41 Å². The number of carboxylic acid groups (broad SMARTS) is 1. The number of aliphatic carboxylic acids is 1. The Labute approximate surface area is 139 Å². The zero-order chi connectivity index (χ0) is 16.8. The molecule has 0 aromatic heterocycles. The van der Waals surface area contributed by atoms with Crippen LogP contribution in [0.25, 0.3) is 0 Å². The van der Waals surface area contributed by atoms with Crippen LogP contribution in [0.3, 0.4) is 0 Å². The van der Waals surface area contributed by atoms with Gasteiger partial charge >= 0.3 is 5.97 Å². The van der Waals surface area contributed by atoms with E-state index in [-0.39, 0.29) is 18.9 Å². The Kier molecular flexibility index (Phi) is 6.87. The second-order valence-electron chi connectivity index (χ2n) is 5.82. The van der Waals surface area contributed by atoms with Gasteiger partial charge in [0.25, 0.3) is 0 Å². The van der Waals surface area contributed by atoms with E-state index >= 15 is 0 Å². The minimum atomic E-state index is -0.866. The first kappa shape index (κ1) is 18.5. The van der Waals surface area contributed by atoms with Gasteiger partial charge in [-0.05, 0) is 60.8 Å². The third-order valence-electron chi connectivity index (χ3n) is 3.33. The van der Waals surface area contributed by atoms with Crippen LogP contribution in [-0.2, 0) is 9.59 Å². The maximum Gasteiger partial charge on any atom is 0.309 e. The van der Waals surface area contributed by atoms with Crippen molar-refractivity contribution in [3.05, 3.63) is 28.2 Å². The molecule has 122 valence electrons. The molecule has 0 fully saturated rings. The molecule has 6 heteroatoms. The second-order valence-corrected chi connectivity index (χ2v) is 6.68. The number of hydrogen-bond acceptors (Lipinski definition) is 3. The number of carboxylic acids is 1. The molecule has 0 unspecified atom stereocenters. The van der Waals surface area contributed by atoms with E-state index in [9.17, 15) is 9.59 Å². The van der Waals surface area contributed by atoms with Gasteiger partial charge in [-0.2, -0.15) is 0 Å². The smallest absolute Gasteiger partial charge is 0.309 e. The van der Waals surface area contributed by atoms with Crippen LogP contribution < -0.4 is 10.1 Å². The van der Waals surface area contributed by atoms with Crippen LogP contribution in [0.5, 0.6) is 5.75 Å². The highest BCUT2D eigenvalue weighted by Gasteiger charge is 2.26. The van der Waals surface area contributed by atoms with Crippen molar-refractivity contribution in [3.63, 3.8) is 0 Å². The number of aryl methyl sites for hydroxylation is 1. The monoisotopic (exact) mass is 371 g/mol. The largest absolute Gasteiger partial charge is 0.492 e. The normalized spacial score (nSPS) is 11.1. The lowest BCUT2D eigenvalue weighted by molar-refractivity contribution is -0.147. The molecule has 1 rings (SSSR count). The zero-order valence-electron chi connectivity index (χ0n) is 13.1. The molecule has 0 spiro atoms. The highest BCUT2D eigenvalue weighted by Crippen LogP contribution is 2.25. The Morgan fingerprint density at radius 2 is 2.05 bits per heavy atom. The van der Waals surface area contributed by atoms with Gasteiger partial charge in [-0.25, -0.2) is 0 Å². The zero-order valence-corrected chi connectivity index (χ0v) is 14.7. The summed E-state index contributed by atoms with van der Waals surface area (Å²) in [7, 11) is 0. The first-order valence-corrected chi connectivity index (χ1v) is 7.91. The molecule has 5 nitrogen and oxygen atoms in total. The van der Waals surface area contributed by atoms with E-state index in [4.69, 9.17) is 9.84 Å². The quantitative estimate of drug-likeness (QED) is 0.735. The molecule has 1 aromatic rings. The number of halogens is 1. The Hall–Kier alpha value is -1.56. The van der Waals surface area contributed by atoms with E-state index in [1.165, 1.54) is 0 Å². The van der Waals surface area contributed by atoms with Crippen LogP contribution in [0.1, 0.15) is 32.3 Å². The topological polar surface area (TPSA) is 75.6 Å². The lowest BCUT2D eigenvalue weighted by Crippen LogP contribution is -2.32. The molecule has 1 amide bonds. The Morgan fingerprint density at radius 3 is 2.64 bits per heavy atom. The molecule has 1 aromatic carbocycles. The predicted octanol–water partition coefficient (Wildman–Crippen LogP) is 3.14. The molecule has 22 heavy (non-hydrogen) atoms. The number of hydrogen-bond donors (Lipinski definition) is 2. The molecular weight excluding hydrogens is 350 g/mol. The fraction of sp³-hybridized carbons (Fsp3) is 0.500. The van der Waals surface area contributed by atoms with Crippen LogP contribution in [0.4, 0.5) is 0 Å². The van der Waals surface area contributed by atoms with Gasteiger partial charge in [0.2, 0.25) is 5.91 Å². The predicted molar refractivity (Wildman–Crippen MR) is 88.0 cm³/mol. The summed E-state index contributed by atoms with van der Waals surface area (Å²) in [6.07, 6.45) is 0.617.